The molecule has 0 spiro atoms. The van der Waals surface area contributed by atoms with Gasteiger partial charge in [-0.3, -0.25) is 4.79 Å². The molecule has 0 radical (unpaired) electrons. The van der Waals surface area contributed by atoms with E-state index in [2.05, 4.69) is 0 Å². The fourth-order valence-electron chi connectivity index (χ4n) is 0. The lowest BCUT2D eigenvalue weighted by Gasteiger charge is -1.59. The monoisotopic (exact) mass is 122 g/mol. The zero-order valence-electron chi connectivity index (χ0n) is 3.36. The van der Waals surface area contributed by atoms with Crippen molar-refractivity contribution in [3.05, 3.63) is 0 Å². The fourth-order valence-corrected chi connectivity index (χ4v) is 0. The average Bonchev–Trinajstić information content (AvgIpc) is 0.811. The van der Waals surface area contributed by atoms with Crippen molar-refractivity contribution >= 4 is 29.0 Å². The highest BCUT2D eigenvalue weighted by Gasteiger charge is 1.65. The quantitative estimate of drug-likeness (QED) is 0.360. The second-order valence-electron chi connectivity index (χ2n) is 0.519. The van der Waals surface area contributed by atoms with E-state index in [1.54, 1.807) is 0 Å². The summed E-state index contributed by atoms with van der Waals surface area (Å²) in [6.07, 6.45) is 0. The van der Waals surface area contributed by atoms with Crippen molar-refractivity contribution in [2.45, 2.75) is 6.92 Å². The zero-order chi connectivity index (χ0) is 3.58. The molecule has 0 heterocycles. The van der Waals surface area contributed by atoms with Gasteiger partial charge in [0, 0.05) is 6.92 Å². The van der Waals surface area contributed by atoms with Gasteiger partial charge >= 0.3 is 23.1 Å². The van der Waals surface area contributed by atoms with Crippen LogP contribution in [0.25, 0.3) is 0 Å². The maximum absolute atomic E-state index is 9.00. The van der Waals surface area contributed by atoms with Crippen LogP contribution in [0.3, 0.4) is 0 Å². The van der Waals surface area contributed by atoms with Gasteiger partial charge < -0.3 is 16.1 Å². The summed E-state index contributed by atoms with van der Waals surface area (Å²) < 4.78 is 0. The molecule has 5 N–H and O–H groups in total. The Balaban J connectivity index is -0.0000000150. The van der Waals surface area contributed by atoms with Gasteiger partial charge in [-0.15, -0.1) is 0 Å². The summed E-state index contributed by atoms with van der Waals surface area (Å²) in [4.78, 5) is 9.00. The molecule has 0 rings (SSSR count). The van der Waals surface area contributed by atoms with E-state index in [1.165, 1.54) is 0 Å². The first kappa shape index (κ1) is 27.2. The normalized spacial score (nSPS) is 3.57. The van der Waals surface area contributed by atoms with Crippen molar-refractivity contribution in [2.75, 3.05) is 0 Å². The topological polar surface area (TPSA) is 100 Å². The zero-order valence-corrected chi connectivity index (χ0v) is 3.36. The number of hydrogen-bond donors (Lipinski definition) is 1. The van der Waals surface area contributed by atoms with E-state index < -0.39 is 5.97 Å². The minimum atomic E-state index is -0.833. The predicted octanol–water partition coefficient (Wildman–Crippen LogP) is -2.47. The van der Waals surface area contributed by atoms with Gasteiger partial charge in [-0.25, -0.2) is 0 Å². The highest BCUT2D eigenvalue weighted by molar-refractivity contribution is 5.75. The third kappa shape index (κ3) is 4360. The molecule has 0 aliphatic rings. The van der Waals surface area contributed by atoms with E-state index in [0.717, 1.165) is 6.92 Å². The molecular weight excluding hydrogens is 112 g/mol. The molecule has 0 saturated carbocycles. The van der Waals surface area contributed by atoms with Gasteiger partial charge in [0.05, 0.1) is 0 Å². The number of carboxylic acids is 1. The van der Waals surface area contributed by atoms with E-state index in [4.69, 9.17) is 9.90 Å². The van der Waals surface area contributed by atoms with Crippen molar-refractivity contribution in [3.63, 3.8) is 0 Å². The number of aliphatic carboxylic acids is 1. The molecule has 0 aliphatic heterocycles. The van der Waals surface area contributed by atoms with Crippen LogP contribution in [-0.4, -0.2) is 45.1 Å². The van der Waals surface area contributed by atoms with Crippen LogP contribution in [0.5, 0.6) is 0 Å². The minimum Gasteiger partial charge on any atom is -0.481 e. The average molecular weight is 122 g/mol. The molecule has 0 saturated heterocycles. The summed E-state index contributed by atoms with van der Waals surface area (Å²) >= 11 is 0. The van der Waals surface area contributed by atoms with Crippen molar-refractivity contribution in [1.29, 1.82) is 0 Å². The summed E-state index contributed by atoms with van der Waals surface area (Å²) in [5.41, 5.74) is 0. The Bertz CT molecular complexity index is 32.7. The van der Waals surface area contributed by atoms with Gasteiger partial charge in [0.15, 0.2) is 0 Å². The molecule has 7 heavy (non-hydrogen) atoms. The molecular formula is C2H10MgO4. The number of rotatable bonds is 0. The molecule has 0 unspecified atom stereocenters. The van der Waals surface area contributed by atoms with Gasteiger partial charge in [0.2, 0.25) is 0 Å². The minimum absolute atomic E-state index is 0. The van der Waals surface area contributed by atoms with Crippen LogP contribution in [0.15, 0.2) is 0 Å². The van der Waals surface area contributed by atoms with Crippen LogP contribution < -0.4 is 0 Å². The van der Waals surface area contributed by atoms with Crippen LogP contribution in [0.2, 0.25) is 0 Å². The third-order valence-corrected chi connectivity index (χ3v) is 0. The molecule has 0 bridgehead atoms. The van der Waals surface area contributed by atoms with Crippen LogP contribution in [0.4, 0.5) is 0 Å². The van der Waals surface area contributed by atoms with Gasteiger partial charge in [0.1, 0.15) is 0 Å². The lowest BCUT2D eigenvalue weighted by atomic mass is 10.9. The molecule has 0 fully saturated rings. The second kappa shape index (κ2) is 16.4. The van der Waals surface area contributed by atoms with Gasteiger partial charge in [-0.2, -0.15) is 0 Å². The van der Waals surface area contributed by atoms with Gasteiger partial charge in [0.25, 0.3) is 5.97 Å². The molecule has 0 aliphatic carbocycles. The summed E-state index contributed by atoms with van der Waals surface area (Å²) in [5.74, 6) is -0.833. The first-order chi connectivity index (χ1) is 1.73. The predicted molar refractivity (Wildman–Crippen MR) is 29.1 cm³/mol. The molecule has 0 amide bonds. The Morgan fingerprint density at radius 1 is 1.43 bits per heavy atom. The van der Waals surface area contributed by atoms with Gasteiger partial charge in [-0.05, 0) is 0 Å². The Morgan fingerprint density at radius 3 is 1.43 bits per heavy atom. The smallest absolute Gasteiger partial charge is 0.316 e. The molecule has 0 aromatic carbocycles. The van der Waals surface area contributed by atoms with Crippen molar-refractivity contribution < 1.29 is 20.9 Å². The SMILES string of the molecule is CC(=O)O.O.O.[MgH2]. The molecule has 0 aromatic rings. The van der Waals surface area contributed by atoms with Crippen LogP contribution >= 0.6 is 0 Å². The maximum atomic E-state index is 9.00. The summed E-state index contributed by atoms with van der Waals surface area (Å²) in [7, 11) is 0. The molecule has 4 nitrogen and oxygen atoms in total. The van der Waals surface area contributed by atoms with E-state index in [1.807, 2.05) is 0 Å². The summed E-state index contributed by atoms with van der Waals surface area (Å²) in [5, 5.41) is 7.42. The largest absolute Gasteiger partial charge is 0.481 e. The van der Waals surface area contributed by atoms with Crippen molar-refractivity contribution in [1.82, 2.24) is 0 Å². The molecule has 44 valence electrons. The standard InChI is InChI=1S/C2H4O2.Mg.2H2O.2H/c1-2(3)4;;;;;/h1H3,(H,3,4);;2*1H2;;. The van der Waals surface area contributed by atoms with Crippen LogP contribution in [-0.2, 0) is 4.79 Å². The van der Waals surface area contributed by atoms with Gasteiger partial charge in [-0.1, -0.05) is 0 Å². The van der Waals surface area contributed by atoms with E-state index in [-0.39, 0.29) is 34.0 Å². The highest BCUT2D eigenvalue weighted by atomic mass is 24.3. The Hall–Kier alpha value is 0.156. The van der Waals surface area contributed by atoms with Crippen molar-refractivity contribution in [3.8, 4) is 0 Å². The Labute approximate surface area is 57.3 Å². The lowest BCUT2D eigenvalue weighted by Crippen LogP contribution is -1.78. The fraction of sp³-hybridized carbons (Fsp3) is 0.500. The molecule has 5 heteroatoms. The summed E-state index contributed by atoms with van der Waals surface area (Å²) in [6, 6.07) is 0. The molecule has 0 atom stereocenters. The first-order valence-electron chi connectivity index (χ1n) is 0.928. The van der Waals surface area contributed by atoms with E-state index >= 15 is 0 Å². The number of carbonyl (C=O) groups is 1. The summed E-state index contributed by atoms with van der Waals surface area (Å²) in [6.45, 7) is 1.08. The van der Waals surface area contributed by atoms with Crippen molar-refractivity contribution in [2.24, 2.45) is 0 Å². The van der Waals surface area contributed by atoms with E-state index in [0.29, 0.717) is 0 Å². The lowest BCUT2D eigenvalue weighted by molar-refractivity contribution is -0.134. The second-order valence-corrected chi connectivity index (χ2v) is 0.519. The van der Waals surface area contributed by atoms with E-state index in [9.17, 15) is 0 Å². The number of carboxylic acid groups (broad SMARTS) is 1. The molecule has 0 aromatic heterocycles. The number of hydrogen-bond acceptors (Lipinski definition) is 1. The highest BCUT2D eigenvalue weighted by Crippen LogP contribution is 1.42. The third-order valence-electron chi connectivity index (χ3n) is 0. The Kier molecular flexibility index (Phi) is 63.9. The van der Waals surface area contributed by atoms with Crippen LogP contribution in [0.1, 0.15) is 6.92 Å². The van der Waals surface area contributed by atoms with Crippen LogP contribution in [0, 0.1) is 0 Å². The Morgan fingerprint density at radius 2 is 1.43 bits per heavy atom. The first-order valence-corrected chi connectivity index (χ1v) is 0.928. The maximum Gasteiger partial charge on any atom is 0.316 e.